The molecule has 0 radical (unpaired) electrons. The molecule has 1 aliphatic rings. The van der Waals surface area contributed by atoms with E-state index in [1.54, 1.807) is 25.1 Å². The number of aromatic nitrogens is 3. The highest BCUT2D eigenvalue weighted by Gasteiger charge is 2.39. The van der Waals surface area contributed by atoms with Gasteiger partial charge in [0.25, 0.3) is 5.89 Å². The third kappa shape index (κ3) is 4.46. The summed E-state index contributed by atoms with van der Waals surface area (Å²) in [5, 5.41) is 21.9. The summed E-state index contributed by atoms with van der Waals surface area (Å²) < 4.78 is 36.0. The lowest BCUT2D eigenvalue weighted by atomic mass is 9.77. The van der Waals surface area contributed by atoms with Crippen molar-refractivity contribution >= 4 is 16.9 Å². The third-order valence-corrected chi connectivity index (χ3v) is 5.47. The van der Waals surface area contributed by atoms with E-state index in [1.807, 2.05) is 27.7 Å². The molecule has 0 aliphatic heterocycles. The number of ether oxygens (including phenoxy) is 1. The summed E-state index contributed by atoms with van der Waals surface area (Å²) in [6.07, 6.45) is 1.21. The molecule has 1 aromatic carbocycles. The molecule has 9 heteroatoms. The Kier molecular flexibility index (Phi) is 5.12. The molecule has 0 spiro atoms. The van der Waals surface area contributed by atoms with Crippen LogP contribution >= 0.6 is 0 Å². The van der Waals surface area contributed by atoms with Crippen LogP contribution in [-0.4, -0.2) is 38.5 Å². The van der Waals surface area contributed by atoms with Crippen molar-refractivity contribution in [2.45, 2.75) is 71.1 Å². The van der Waals surface area contributed by atoms with Gasteiger partial charge in [-0.1, -0.05) is 25.9 Å². The van der Waals surface area contributed by atoms with Gasteiger partial charge in [-0.15, -0.1) is 5.10 Å². The van der Waals surface area contributed by atoms with Crippen molar-refractivity contribution in [3.63, 3.8) is 0 Å². The van der Waals surface area contributed by atoms with Crippen LogP contribution in [0.5, 0.6) is 5.75 Å². The summed E-state index contributed by atoms with van der Waals surface area (Å²) in [6, 6.07) is 5.31. The number of pyridine rings is 1. The second-order valence-electron chi connectivity index (χ2n) is 9.48. The highest BCUT2D eigenvalue weighted by Crippen LogP contribution is 2.37. The van der Waals surface area contributed by atoms with Crippen LogP contribution < -0.4 is 10.1 Å². The van der Waals surface area contributed by atoms with Crippen molar-refractivity contribution in [2.75, 3.05) is 5.32 Å². The van der Waals surface area contributed by atoms with Gasteiger partial charge in [-0.2, -0.15) is 8.78 Å². The molecular formula is C22H26F2N4O3. The van der Waals surface area contributed by atoms with E-state index in [1.165, 1.54) is 0 Å². The highest BCUT2D eigenvalue weighted by molar-refractivity contribution is 5.89. The Morgan fingerprint density at radius 2 is 1.94 bits per heavy atom. The zero-order chi connectivity index (χ0) is 22.6. The van der Waals surface area contributed by atoms with Gasteiger partial charge in [-0.25, -0.2) is 4.98 Å². The number of aliphatic hydroxyl groups is 1. The first kappa shape index (κ1) is 21.4. The molecule has 7 nitrogen and oxygen atoms in total. The number of hydrogen-bond donors (Lipinski definition) is 2. The van der Waals surface area contributed by atoms with Crippen molar-refractivity contribution in [3.05, 3.63) is 29.3 Å². The monoisotopic (exact) mass is 432 g/mol. The first-order valence-electron chi connectivity index (χ1n) is 10.1. The zero-order valence-electron chi connectivity index (χ0n) is 18.2. The summed E-state index contributed by atoms with van der Waals surface area (Å²) in [4.78, 5) is 4.74. The lowest BCUT2D eigenvalue weighted by Gasteiger charge is -2.40. The molecule has 3 aromatic rings. The normalized spacial score (nSPS) is 21.4. The van der Waals surface area contributed by atoms with E-state index in [9.17, 15) is 13.9 Å². The predicted molar refractivity (Wildman–Crippen MR) is 112 cm³/mol. The smallest absolute Gasteiger partial charge is 0.387 e. The van der Waals surface area contributed by atoms with Gasteiger partial charge >= 0.3 is 12.6 Å². The summed E-state index contributed by atoms with van der Waals surface area (Å²) >= 11 is 0. The topological polar surface area (TPSA) is 93.3 Å². The molecule has 0 unspecified atom stereocenters. The van der Waals surface area contributed by atoms with Crippen molar-refractivity contribution in [1.82, 2.24) is 15.2 Å². The molecule has 0 saturated heterocycles. The van der Waals surface area contributed by atoms with E-state index in [2.05, 4.69) is 20.3 Å². The molecular weight excluding hydrogens is 406 g/mol. The minimum absolute atomic E-state index is 0.0790. The summed E-state index contributed by atoms with van der Waals surface area (Å²) in [5.74, 6) is 0.358. The molecule has 1 saturated carbocycles. The van der Waals surface area contributed by atoms with Crippen molar-refractivity contribution in [1.29, 1.82) is 0 Å². The number of anilines is 1. The summed E-state index contributed by atoms with van der Waals surface area (Å²) in [5.41, 5.74) is 1.76. The quantitative estimate of drug-likeness (QED) is 0.597. The fourth-order valence-electron chi connectivity index (χ4n) is 3.98. The fourth-order valence-corrected chi connectivity index (χ4v) is 3.98. The Morgan fingerprint density at radius 3 is 2.55 bits per heavy atom. The molecule has 0 atom stereocenters. The maximum Gasteiger partial charge on any atom is 0.387 e. The van der Waals surface area contributed by atoms with Crippen molar-refractivity contribution < 1.29 is 23.0 Å². The molecule has 31 heavy (non-hydrogen) atoms. The third-order valence-electron chi connectivity index (χ3n) is 5.47. The van der Waals surface area contributed by atoms with Crippen LogP contribution in [0.15, 0.2) is 22.6 Å². The average molecular weight is 432 g/mol. The summed E-state index contributed by atoms with van der Waals surface area (Å²) in [7, 11) is 0. The maximum absolute atomic E-state index is 12.8. The van der Waals surface area contributed by atoms with E-state index >= 15 is 0 Å². The second kappa shape index (κ2) is 7.40. The molecule has 166 valence electrons. The summed E-state index contributed by atoms with van der Waals surface area (Å²) in [6.45, 7) is 6.72. The van der Waals surface area contributed by atoms with Crippen LogP contribution in [0, 0.1) is 6.92 Å². The van der Waals surface area contributed by atoms with Gasteiger partial charge in [0.1, 0.15) is 11.4 Å². The first-order valence-corrected chi connectivity index (χ1v) is 10.1. The van der Waals surface area contributed by atoms with Crippen molar-refractivity contribution in [3.8, 4) is 17.3 Å². The van der Waals surface area contributed by atoms with Gasteiger partial charge in [-0.05, 0) is 61.4 Å². The minimum Gasteiger partial charge on any atom is -0.435 e. The number of rotatable bonds is 5. The maximum atomic E-state index is 12.8. The van der Waals surface area contributed by atoms with E-state index in [-0.39, 0.29) is 29.1 Å². The van der Waals surface area contributed by atoms with Crippen LogP contribution in [0.25, 0.3) is 22.5 Å². The van der Waals surface area contributed by atoms with Crippen molar-refractivity contribution in [2.24, 2.45) is 0 Å². The molecule has 2 heterocycles. The standard InChI is InChI=1S/C22H26F2N4O3/c1-11-6-16(18-27-28-20(31-18)25-12-9-22(5,29)10-12)26-17-14(11)7-13(30-19(23)24)8-15(17)21(2,3)4/h6-8,12,19,29H,9-10H2,1-5H3,(H,25,28). The van der Waals surface area contributed by atoms with Gasteiger partial charge in [0.05, 0.1) is 11.1 Å². The van der Waals surface area contributed by atoms with Gasteiger partial charge < -0.3 is 19.6 Å². The van der Waals surface area contributed by atoms with E-state index in [0.717, 1.165) is 16.5 Å². The minimum atomic E-state index is -2.90. The number of fused-ring (bicyclic) bond motifs is 1. The Balaban J connectivity index is 1.72. The van der Waals surface area contributed by atoms with E-state index < -0.39 is 12.2 Å². The average Bonchev–Trinajstić information content (AvgIpc) is 3.07. The number of halogens is 2. The van der Waals surface area contributed by atoms with E-state index in [4.69, 9.17) is 9.40 Å². The van der Waals surface area contributed by atoms with Gasteiger partial charge in [-0.3, -0.25) is 0 Å². The predicted octanol–water partition coefficient (Wildman–Crippen LogP) is 4.82. The van der Waals surface area contributed by atoms with E-state index in [0.29, 0.717) is 24.1 Å². The van der Waals surface area contributed by atoms with Gasteiger partial charge in [0, 0.05) is 11.4 Å². The lowest BCUT2D eigenvalue weighted by Crippen LogP contribution is -2.48. The number of nitrogens with zero attached hydrogens (tertiary/aromatic N) is 3. The van der Waals surface area contributed by atoms with Crippen LogP contribution in [0.3, 0.4) is 0 Å². The van der Waals surface area contributed by atoms with Crippen LogP contribution in [-0.2, 0) is 5.41 Å². The molecule has 0 bridgehead atoms. The SMILES string of the molecule is Cc1cc(-c2nnc(NC3CC(C)(O)C3)o2)nc2c(C(C)(C)C)cc(OC(F)F)cc12. The number of benzene rings is 1. The largest absolute Gasteiger partial charge is 0.435 e. The molecule has 1 aliphatic carbocycles. The number of aryl methyl sites for hydroxylation is 1. The Bertz CT molecular complexity index is 1110. The van der Waals surface area contributed by atoms with Crippen LogP contribution in [0.4, 0.5) is 14.8 Å². The Hall–Kier alpha value is -2.81. The molecule has 0 amide bonds. The number of nitrogens with one attached hydrogen (secondary N) is 1. The Labute approximate surface area is 178 Å². The zero-order valence-corrected chi connectivity index (χ0v) is 18.2. The number of alkyl halides is 2. The first-order chi connectivity index (χ1) is 14.4. The molecule has 1 fully saturated rings. The van der Waals surface area contributed by atoms with Crippen LogP contribution in [0.1, 0.15) is 51.7 Å². The number of hydrogen-bond acceptors (Lipinski definition) is 7. The molecule has 2 N–H and O–H groups in total. The highest BCUT2D eigenvalue weighted by atomic mass is 19.3. The molecule has 4 rings (SSSR count). The van der Waals surface area contributed by atoms with Gasteiger partial charge in [0.15, 0.2) is 0 Å². The fraction of sp³-hybridized carbons (Fsp3) is 0.500. The second-order valence-corrected chi connectivity index (χ2v) is 9.48. The molecule has 2 aromatic heterocycles. The lowest BCUT2D eigenvalue weighted by molar-refractivity contribution is -0.0498. The Morgan fingerprint density at radius 1 is 1.23 bits per heavy atom. The van der Waals surface area contributed by atoms with Gasteiger partial charge in [0.2, 0.25) is 0 Å². The van der Waals surface area contributed by atoms with Crippen LogP contribution in [0.2, 0.25) is 0 Å².